The number of methoxy groups -OCH3 is 1. The smallest absolute Gasteiger partial charge is 0.250 e. The number of hydrogen-bond acceptors (Lipinski definition) is 3. The molecule has 1 aliphatic rings. The lowest BCUT2D eigenvalue weighted by Crippen LogP contribution is -2.44. The van der Waals surface area contributed by atoms with Gasteiger partial charge in [-0.05, 0) is 50.1 Å². The van der Waals surface area contributed by atoms with E-state index in [1.165, 1.54) is 5.56 Å². The minimum atomic E-state index is -0.157. The number of amides is 1. The molecule has 0 atom stereocenters. The number of carbonyl (C=O) groups excluding carboxylic acids is 1. The van der Waals surface area contributed by atoms with Crippen molar-refractivity contribution >= 4 is 17.3 Å². The number of nitrogens with one attached hydrogen (secondary N) is 2. The van der Waals surface area contributed by atoms with Gasteiger partial charge in [0.25, 0.3) is 0 Å². The van der Waals surface area contributed by atoms with Gasteiger partial charge in [-0.2, -0.15) is 0 Å². The maximum absolute atomic E-state index is 12.4. The summed E-state index contributed by atoms with van der Waals surface area (Å²) in [7, 11) is 1.62. The molecule has 2 N–H and O–H groups in total. The van der Waals surface area contributed by atoms with Gasteiger partial charge in [-0.3, -0.25) is 4.79 Å². The molecular weight excluding hydrogens is 300 g/mol. The molecule has 0 radical (unpaired) electrons. The number of rotatable bonds is 3. The fourth-order valence-electron chi connectivity index (χ4n) is 2.99. The average Bonchev–Trinajstić information content (AvgIpc) is 2.54. The fraction of sp³-hybridized carbons (Fsp3) is 0.250. The van der Waals surface area contributed by atoms with Gasteiger partial charge in [-0.25, -0.2) is 0 Å². The monoisotopic (exact) mass is 322 g/mol. The highest BCUT2D eigenvalue weighted by atomic mass is 16.5. The molecule has 1 heterocycles. The van der Waals surface area contributed by atoms with Gasteiger partial charge in [-0.1, -0.05) is 24.3 Å². The largest absolute Gasteiger partial charge is 0.497 e. The summed E-state index contributed by atoms with van der Waals surface area (Å²) >= 11 is 0. The first-order chi connectivity index (χ1) is 11.5. The Hall–Kier alpha value is -2.75. The van der Waals surface area contributed by atoms with Gasteiger partial charge in [0.15, 0.2) is 0 Å². The highest BCUT2D eigenvalue weighted by molar-refractivity contribution is 6.04. The maximum Gasteiger partial charge on any atom is 0.250 e. The van der Waals surface area contributed by atoms with Gasteiger partial charge < -0.3 is 15.4 Å². The van der Waals surface area contributed by atoms with E-state index in [2.05, 4.69) is 30.5 Å². The van der Waals surface area contributed by atoms with Crippen molar-refractivity contribution in [3.8, 4) is 5.75 Å². The van der Waals surface area contributed by atoms with E-state index in [1.807, 2.05) is 42.5 Å². The minimum absolute atomic E-state index is 0.0828. The molecule has 2 aromatic carbocycles. The first-order valence-electron chi connectivity index (χ1n) is 8.00. The van der Waals surface area contributed by atoms with Crippen LogP contribution < -0.4 is 15.4 Å². The quantitative estimate of drug-likeness (QED) is 0.849. The van der Waals surface area contributed by atoms with Crippen molar-refractivity contribution in [1.29, 1.82) is 0 Å². The van der Waals surface area contributed by atoms with Crippen LogP contribution in [0.15, 0.2) is 54.6 Å². The third kappa shape index (κ3) is 3.59. The number of ether oxygens (including phenoxy) is 1. The van der Waals surface area contributed by atoms with E-state index < -0.39 is 0 Å². The number of benzene rings is 2. The van der Waals surface area contributed by atoms with Gasteiger partial charge in [0.2, 0.25) is 5.91 Å². The van der Waals surface area contributed by atoms with E-state index in [1.54, 1.807) is 13.2 Å². The molecular formula is C20H22N2O2. The van der Waals surface area contributed by atoms with Crippen molar-refractivity contribution in [1.82, 2.24) is 5.32 Å². The summed E-state index contributed by atoms with van der Waals surface area (Å²) in [4.78, 5) is 12.4. The Morgan fingerprint density at radius 2 is 1.88 bits per heavy atom. The fourth-order valence-corrected chi connectivity index (χ4v) is 2.99. The van der Waals surface area contributed by atoms with Crippen LogP contribution in [0.1, 0.15) is 25.0 Å². The summed E-state index contributed by atoms with van der Waals surface area (Å²) in [6, 6.07) is 15.5. The molecule has 3 rings (SSSR count). The summed E-state index contributed by atoms with van der Waals surface area (Å²) < 4.78 is 5.12. The van der Waals surface area contributed by atoms with E-state index in [9.17, 15) is 4.79 Å². The lowest BCUT2D eigenvalue weighted by Gasteiger charge is -2.35. The number of anilines is 1. The molecule has 0 saturated heterocycles. The van der Waals surface area contributed by atoms with Crippen LogP contribution >= 0.6 is 0 Å². The van der Waals surface area contributed by atoms with Crippen molar-refractivity contribution in [2.45, 2.75) is 25.8 Å². The summed E-state index contributed by atoms with van der Waals surface area (Å²) in [5, 5.41) is 6.35. The number of fused-ring (bicyclic) bond motifs is 1. The van der Waals surface area contributed by atoms with E-state index in [4.69, 9.17) is 4.74 Å². The van der Waals surface area contributed by atoms with Crippen molar-refractivity contribution in [2.75, 3.05) is 12.4 Å². The number of hydrogen-bond donors (Lipinski definition) is 2. The first kappa shape index (κ1) is 16.1. The SMILES string of the molecule is COc1ccc(NC(=O)C=C2NC(C)(C)Cc3ccccc32)cc1. The zero-order valence-corrected chi connectivity index (χ0v) is 14.2. The molecule has 4 nitrogen and oxygen atoms in total. The van der Waals surface area contributed by atoms with Crippen molar-refractivity contribution in [3.05, 3.63) is 65.7 Å². The summed E-state index contributed by atoms with van der Waals surface area (Å²) in [6.07, 6.45) is 2.56. The highest BCUT2D eigenvalue weighted by Crippen LogP contribution is 2.29. The Labute approximate surface area is 142 Å². The molecule has 1 amide bonds. The second kappa shape index (κ2) is 6.40. The molecule has 0 bridgehead atoms. The Balaban J connectivity index is 1.82. The molecule has 24 heavy (non-hydrogen) atoms. The molecule has 0 saturated carbocycles. The van der Waals surface area contributed by atoms with Crippen molar-refractivity contribution in [2.24, 2.45) is 0 Å². The second-order valence-electron chi connectivity index (χ2n) is 6.62. The molecule has 4 heteroatoms. The van der Waals surface area contributed by atoms with E-state index in [0.29, 0.717) is 0 Å². The Morgan fingerprint density at radius 3 is 2.58 bits per heavy atom. The van der Waals surface area contributed by atoms with Gasteiger partial charge in [0.05, 0.1) is 7.11 Å². The summed E-state index contributed by atoms with van der Waals surface area (Å²) in [6.45, 7) is 4.27. The third-order valence-corrected chi connectivity index (χ3v) is 4.05. The topological polar surface area (TPSA) is 50.4 Å². The van der Waals surface area contributed by atoms with Gasteiger partial charge in [0.1, 0.15) is 5.75 Å². The molecule has 1 aliphatic heterocycles. The van der Waals surface area contributed by atoms with E-state index >= 15 is 0 Å². The zero-order valence-electron chi connectivity index (χ0n) is 14.2. The molecule has 124 valence electrons. The van der Waals surface area contributed by atoms with Crippen LogP contribution in [0.5, 0.6) is 5.75 Å². The van der Waals surface area contributed by atoms with Crippen LogP contribution in [-0.4, -0.2) is 18.6 Å². The van der Waals surface area contributed by atoms with Gasteiger partial charge in [0, 0.05) is 28.6 Å². The van der Waals surface area contributed by atoms with Gasteiger partial charge >= 0.3 is 0 Å². The maximum atomic E-state index is 12.4. The summed E-state index contributed by atoms with van der Waals surface area (Å²) in [5.41, 5.74) is 3.85. The lowest BCUT2D eigenvalue weighted by atomic mass is 9.86. The molecule has 0 unspecified atom stereocenters. The standard InChI is InChI=1S/C20H22N2O2/c1-20(2)13-14-6-4-5-7-17(14)18(22-20)12-19(23)21-15-8-10-16(24-3)11-9-15/h4-12,22H,13H2,1-3H3,(H,21,23). The molecule has 0 aromatic heterocycles. The predicted molar refractivity (Wildman–Crippen MR) is 97.0 cm³/mol. The van der Waals surface area contributed by atoms with Crippen molar-refractivity contribution < 1.29 is 9.53 Å². The van der Waals surface area contributed by atoms with Crippen LogP contribution in [0.25, 0.3) is 5.70 Å². The normalized spacial score (nSPS) is 16.9. The average molecular weight is 322 g/mol. The van der Waals surface area contributed by atoms with E-state index in [0.717, 1.165) is 29.1 Å². The van der Waals surface area contributed by atoms with Gasteiger partial charge in [-0.15, -0.1) is 0 Å². The predicted octanol–water partition coefficient (Wildman–Crippen LogP) is 3.60. The minimum Gasteiger partial charge on any atom is -0.497 e. The van der Waals surface area contributed by atoms with Crippen LogP contribution in [0.4, 0.5) is 5.69 Å². The Bertz CT molecular complexity index is 776. The van der Waals surface area contributed by atoms with Crippen LogP contribution in [0, 0.1) is 0 Å². The van der Waals surface area contributed by atoms with Crippen LogP contribution in [0.2, 0.25) is 0 Å². The Morgan fingerprint density at radius 1 is 1.17 bits per heavy atom. The molecule has 0 aliphatic carbocycles. The highest BCUT2D eigenvalue weighted by Gasteiger charge is 2.27. The Kier molecular flexibility index (Phi) is 4.30. The second-order valence-corrected chi connectivity index (χ2v) is 6.62. The van der Waals surface area contributed by atoms with Crippen molar-refractivity contribution in [3.63, 3.8) is 0 Å². The third-order valence-electron chi connectivity index (χ3n) is 4.05. The lowest BCUT2D eigenvalue weighted by molar-refractivity contribution is -0.111. The number of carbonyl (C=O) groups is 1. The molecule has 2 aromatic rings. The first-order valence-corrected chi connectivity index (χ1v) is 8.00. The van der Waals surface area contributed by atoms with Crippen LogP contribution in [0.3, 0.4) is 0 Å². The van der Waals surface area contributed by atoms with Crippen LogP contribution in [-0.2, 0) is 11.2 Å². The molecule has 0 spiro atoms. The zero-order chi connectivity index (χ0) is 17.2. The molecule has 0 fully saturated rings. The van der Waals surface area contributed by atoms with E-state index in [-0.39, 0.29) is 11.4 Å². The summed E-state index contributed by atoms with van der Waals surface area (Å²) in [5.74, 6) is 0.603.